The van der Waals surface area contributed by atoms with Crippen LogP contribution in [0.3, 0.4) is 0 Å². The van der Waals surface area contributed by atoms with Gasteiger partial charge in [-0.1, -0.05) is 41.9 Å². The standard InChI is InChI=1S/C21H20ClN3O3/c22-16-8-9-17-18(12-16)25(14-19(26)23-10-4-5-11-23)21(28)20(27)24(17)13-15-6-2-1-3-7-15/h1-3,6-9,12H,4-5,10-11,13-14H2. The summed E-state index contributed by atoms with van der Waals surface area (Å²) in [4.78, 5) is 40.1. The van der Waals surface area contributed by atoms with Crippen LogP contribution in [0.2, 0.25) is 5.02 Å². The molecule has 3 aromatic rings. The molecule has 1 amide bonds. The maximum absolute atomic E-state index is 12.9. The number of carbonyl (C=O) groups is 1. The summed E-state index contributed by atoms with van der Waals surface area (Å²) in [5.41, 5.74) is 0.616. The molecule has 1 aliphatic heterocycles. The van der Waals surface area contributed by atoms with Gasteiger partial charge in [0.05, 0.1) is 17.6 Å². The normalized spacial score (nSPS) is 14.0. The first-order chi connectivity index (χ1) is 13.5. The quantitative estimate of drug-likeness (QED) is 0.635. The highest BCUT2D eigenvalue weighted by Crippen LogP contribution is 2.19. The zero-order chi connectivity index (χ0) is 19.7. The molecule has 0 radical (unpaired) electrons. The Bertz CT molecular complexity index is 1150. The lowest BCUT2D eigenvalue weighted by molar-refractivity contribution is -0.130. The molecule has 0 saturated carbocycles. The van der Waals surface area contributed by atoms with Gasteiger partial charge in [-0.25, -0.2) is 0 Å². The highest BCUT2D eigenvalue weighted by molar-refractivity contribution is 6.31. The maximum Gasteiger partial charge on any atom is 0.317 e. The van der Waals surface area contributed by atoms with Crippen LogP contribution in [0.1, 0.15) is 18.4 Å². The molecule has 1 aromatic heterocycles. The van der Waals surface area contributed by atoms with Crippen molar-refractivity contribution in [2.75, 3.05) is 13.1 Å². The van der Waals surface area contributed by atoms with Crippen LogP contribution in [0.15, 0.2) is 58.1 Å². The molecular formula is C21H20ClN3O3. The first kappa shape index (κ1) is 18.5. The van der Waals surface area contributed by atoms with E-state index in [9.17, 15) is 14.4 Å². The SMILES string of the molecule is O=C(Cn1c(=O)c(=O)n(Cc2ccccc2)c2ccc(Cl)cc21)N1CCCC1. The summed E-state index contributed by atoms with van der Waals surface area (Å²) in [5, 5.41) is 0.444. The predicted molar refractivity (Wildman–Crippen MR) is 109 cm³/mol. The molecule has 0 atom stereocenters. The van der Waals surface area contributed by atoms with E-state index < -0.39 is 11.1 Å². The first-order valence-corrected chi connectivity index (χ1v) is 9.67. The van der Waals surface area contributed by atoms with Crippen molar-refractivity contribution in [3.63, 3.8) is 0 Å². The van der Waals surface area contributed by atoms with Gasteiger partial charge in [-0.2, -0.15) is 0 Å². The number of halogens is 1. The topological polar surface area (TPSA) is 64.3 Å². The van der Waals surface area contributed by atoms with Crippen LogP contribution in [-0.4, -0.2) is 33.0 Å². The lowest BCUT2D eigenvalue weighted by Crippen LogP contribution is -2.44. The third-order valence-corrected chi connectivity index (χ3v) is 5.36. The molecule has 0 N–H and O–H groups in total. The molecule has 0 bridgehead atoms. The van der Waals surface area contributed by atoms with Crippen LogP contribution in [0.5, 0.6) is 0 Å². The molecular weight excluding hydrogens is 378 g/mol. The molecule has 2 heterocycles. The van der Waals surface area contributed by atoms with Crippen molar-refractivity contribution in [3.8, 4) is 0 Å². The van der Waals surface area contributed by atoms with Crippen molar-refractivity contribution < 1.29 is 4.79 Å². The minimum Gasteiger partial charge on any atom is -0.341 e. The second kappa shape index (κ2) is 7.64. The van der Waals surface area contributed by atoms with Gasteiger partial charge in [0.1, 0.15) is 6.54 Å². The molecule has 1 saturated heterocycles. The van der Waals surface area contributed by atoms with Crippen LogP contribution in [0, 0.1) is 0 Å². The van der Waals surface area contributed by atoms with E-state index in [4.69, 9.17) is 11.6 Å². The van der Waals surface area contributed by atoms with Gasteiger partial charge in [0.25, 0.3) is 0 Å². The average molecular weight is 398 g/mol. The molecule has 144 valence electrons. The first-order valence-electron chi connectivity index (χ1n) is 9.29. The van der Waals surface area contributed by atoms with E-state index in [1.54, 1.807) is 23.1 Å². The fourth-order valence-electron chi connectivity index (χ4n) is 3.67. The number of likely N-dealkylation sites (tertiary alicyclic amines) is 1. The zero-order valence-electron chi connectivity index (χ0n) is 15.3. The van der Waals surface area contributed by atoms with E-state index in [-0.39, 0.29) is 19.0 Å². The van der Waals surface area contributed by atoms with Crippen molar-refractivity contribution in [2.45, 2.75) is 25.9 Å². The predicted octanol–water partition coefficient (Wildman–Crippen LogP) is 2.49. The van der Waals surface area contributed by atoms with Gasteiger partial charge in [0.15, 0.2) is 0 Å². The number of hydrogen-bond acceptors (Lipinski definition) is 3. The number of rotatable bonds is 4. The van der Waals surface area contributed by atoms with E-state index in [0.29, 0.717) is 29.1 Å². The maximum atomic E-state index is 12.9. The van der Waals surface area contributed by atoms with Crippen LogP contribution < -0.4 is 11.1 Å². The molecule has 0 unspecified atom stereocenters. The van der Waals surface area contributed by atoms with Crippen molar-refractivity contribution >= 4 is 28.5 Å². The number of nitrogens with zero attached hydrogens (tertiary/aromatic N) is 3. The molecule has 4 rings (SSSR count). The fraction of sp³-hybridized carbons (Fsp3) is 0.286. The Balaban J connectivity index is 1.84. The largest absolute Gasteiger partial charge is 0.341 e. The monoisotopic (exact) mass is 397 g/mol. The Labute approximate surface area is 166 Å². The number of hydrogen-bond donors (Lipinski definition) is 0. The van der Waals surface area contributed by atoms with Gasteiger partial charge in [-0.15, -0.1) is 0 Å². The minimum absolute atomic E-state index is 0.152. The fourth-order valence-corrected chi connectivity index (χ4v) is 3.84. The Morgan fingerprint density at radius 2 is 1.57 bits per heavy atom. The lowest BCUT2D eigenvalue weighted by atomic mass is 10.2. The Hall–Kier alpha value is -2.86. The summed E-state index contributed by atoms with van der Waals surface area (Å²) in [5.74, 6) is -0.152. The summed E-state index contributed by atoms with van der Waals surface area (Å²) in [6, 6.07) is 14.5. The molecule has 6 nitrogen and oxygen atoms in total. The van der Waals surface area contributed by atoms with Gasteiger partial charge in [-0.3, -0.25) is 23.5 Å². The second-order valence-corrected chi connectivity index (χ2v) is 7.43. The zero-order valence-corrected chi connectivity index (χ0v) is 16.1. The van der Waals surface area contributed by atoms with Crippen LogP contribution >= 0.6 is 11.6 Å². The van der Waals surface area contributed by atoms with Gasteiger partial charge in [-0.05, 0) is 36.6 Å². The van der Waals surface area contributed by atoms with Crippen LogP contribution in [0.4, 0.5) is 0 Å². The summed E-state index contributed by atoms with van der Waals surface area (Å²) in [7, 11) is 0. The number of aromatic nitrogens is 2. The third kappa shape index (κ3) is 3.47. The Morgan fingerprint density at radius 3 is 2.29 bits per heavy atom. The summed E-state index contributed by atoms with van der Waals surface area (Å²) < 4.78 is 2.70. The van der Waals surface area contributed by atoms with Crippen molar-refractivity contribution in [1.29, 1.82) is 0 Å². The average Bonchev–Trinajstić information content (AvgIpc) is 3.24. The highest BCUT2D eigenvalue weighted by atomic mass is 35.5. The number of fused-ring (bicyclic) bond motifs is 1. The summed E-state index contributed by atoms with van der Waals surface area (Å²) in [6.07, 6.45) is 1.93. The van der Waals surface area contributed by atoms with Gasteiger partial charge in [0.2, 0.25) is 5.91 Å². The third-order valence-electron chi connectivity index (χ3n) is 5.13. The van der Waals surface area contributed by atoms with E-state index in [1.165, 1.54) is 9.13 Å². The summed E-state index contributed by atoms with van der Waals surface area (Å²) >= 11 is 6.16. The van der Waals surface area contributed by atoms with Gasteiger partial charge < -0.3 is 4.90 Å². The van der Waals surface area contributed by atoms with E-state index in [2.05, 4.69) is 0 Å². The van der Waals surface area contributed by atoms with Gasteiger partial charge in [0, 0.05) is 18.1 Å². The van der Waals surface area contributed by atoms with E-state index in [1.807, 2.05) is 30.3 Å². The number of amides is 1. The lowest BCUT2D eigenvalue weighted by Gasteiger charge is -2.19. The number of carbonyl (C=O) groups excluding carboxylic acids is 1. The smallest absolute Gasteiger partial charge is 0.317 e. The Kier molecular flexibility index (Phi) is 5.05. The Morgan fingerprint density at radius 1 is 0.893 bits per heavy atom. The minimum atomic E-state index is -0.710. The molecule has 7 heteroatoms. The second-order valence-electron chi connectivity index (χ2n) is 6.99. The van der Waals surface area contributed by atoms with E-state index in [0.717, 1.165) is 18.4 Å². The van der Waals surface area contributed by atoms with Crippen molar-refractivity contribution in [1.82, 2.24) is 14.0 Å². The molecule has 28 heavy (non-hydrogen) atoms. The van der Waals surface area contributed by atoms with Gasteiger partial charge >= 0.3 is 11.1 Å². The van der Waals surface area contributed by atoms with E-state index >= 15 is 0 Å². The van der Waals surface area contributed by atoms with Crippen LogP contribution in [0.25, 0.3) is 11.0 Å². The van der Waals surface area contributed by atoms with Crippen molar-refractivity contribution in [3.05, 3.63) is 79.8 Å². The molecule has 1 aliphatic rings. The molecule has 2 aromatic carbocycles. The molecule has 1 fully saturated rings. The van der Waals surface area contributed by atoms with Crippen LogP contribution in [-0.2, 0) is 17.9 Å². The highest BCUT2D eigenvalue weighted by Gasteiger charge is 2.21. The van der Waals surface area contributed by atoms with Crippen molar-refractivity contribution in [2.24, 2.45) is 0 Å². The molecule has 0 spiro atoms. The number of benzene rings is 2. The molecule has 0 aliphatic carbocycles. The summed E-state index contributed by atoms with van der Waals surface area (Å²) in [6.45, 7) is 1.50.